The van der Waals surface area contributed by atoms with E-state index in [0.717, 1.165) is 0 Å². The lowest BCUT2D eigenvalue weighted by atomic mass is 10.2. The van der Waals surface area contributed by atoms with Crippen LogP contribution in [0.4, 0.5) is 11.5 Å². The Bertz CT molecular complexity index is 456. The van der Waals surface area contributed by atoms with Crippen LogP contribution in [-0.4, -0.2) is 53.6 Å². The molecule has 2 atom stereocenters. The molecule has 0 amide bonds. The van der Waals surface area contributed by atoms with Gasteiger partial charge in [-0.15, -0.1) is 0 Å². The van der Waals surface area contributed by atoms with Gasteiger partial charge >= 0.3 is 5.97 Å². The smallest absolute Gasteiger partial charge is 0.341 e. The number of carbonyl (C=O) groups excluding carboxylic acids is 1. The molecule has 18 heavy (non-hydrogen) atoms. The van der Waals surface area contributed by atoms with Crippen molar-refractivity contribution in [3.05, 3.63) is 17.8 Å². The van der Waals surface area contributed by atoms with E-state index in [0.29, 0.717) is 11.5 Å². The Kier molecular flexibility index (Phi) is 3.35. The van der Waals surface area contributed by atoms with Crippen LogP contribution in [0.25, 0.3) is 0 Å². The highest BCUT2D eigenvalue weighted by Gasteiger charge is 2.32. The normalized spacial score (nSPS) is 23.2. The van der Waals surface area contributed by atoms with Gasteiger partial charge in [0.05, 0.1) is 31.2 Å². The highest BCUT2D eigenvalue weighted by Crippen LogP contribution is 2.24. The Balaban J connectivity index is 2.36. The van der Waals surface area contributed by atoms with E-state index in [1.54, 1.807) is 4.90 Å². The number of esters is 1. The number of β-amino-alcohol motifs (C(OH)–C–C–N with tert-alkyl or cyclic N) is 2. The molecule has 0 aliphatic carbocycles. The largest absolute Gasteiger partial charge is 0.465 e. The molecule has 2 rings (SSSR count). The van der Waals surface area contributed by atoms with Gasteiger partial charge in [0.15, 0.2) is 0 Å². The van der Waals surface area contributed by atoms with Gasteiger partial charge in [-0.3, -0.25) is 0 Å². The molecule has 1 fully saturated rings. The number of methoxy groups -OCH3 is 1. The first-order valence-electron chi connectivity index (χ1n) is 5.48. The Morgan fingerprint density at radius 2 is 2.11 bits per heavy atom. The van der Waals surface area contributed by atoms with Crippen LogP contribution >= 0.6 is 0 Å². The van der Waals surface area contributed by atoms with Crippen molar-refractivity contribution in [1.82, 2.24) is 4.98 Å². The molecule has 2 heterocycles. The fourth-order valence-corrected chi connectivity index (χ4v) is 1.93. The summed E-state index contributed by atoms with van der Waals surface area (Å²) in [6, 6.07) is 1.46. The number of hydrogen-bond acceptors (Lipinski definition) is 7. The minimum atomic E-state index is -0.852. The summed E-state index contributed by atoms with van der Waals surface area (Å²) in [6.45, 7) is 0.421. The van der Waals surface area contributed by atoms with Crippen LogP contribution in [0, 0.1) is 0 Å². The zero-order valence-corrected chi connectivity index (χ0v) is 9.91. The molecule has 0 spiro atoms. The van der Waals surface area contributed by atoms with Crippen LogP contribution in [0.5, 0.6) is 0 Å². The number of anilines is 2. The standard InChI is InChI=1S/C11H15N3O4/c1-18-11(17)7-2-6(12)3-13-10(7)14-4-8(15)9(16)5-14/h2-3,8-9,15-16H,4-5,12H2,1H3. The van der Waals surface area contributed by atoms with Gasteiger partial charge in [0.25, 0.3) is 0 Å². The first-order valence-corrected chi connectivity index (χ1v) is 5.48. The number of nitrogens with zero attached hydrogens (tertiary/aromatic N) is 2. The van der Waals surface area contributed by atoms with Crippen molar-refractivity contribution in [2.24, 2.45) is 0 Å². The highest BCUT2D eigenvalue weighted by atomic mass is 16.5. The molecule has 1 saturated heterocycles. The third-order valence-electron chi connectivity index (χ3n) is 2.85. The molecule has 1 aliphatic heterocycles. The van der Waals surface area contributed by atoms with E-state index in [1.165, 1.54) is 19.4 Å². The lowest BCUT2D eigenvalue weighted by molar-refractivity contribution is 0.0572. The Labute approximate surface area is 104 Å². The first kappa shape index (κ1) is 12.6. The van der Waals surface area contributed by atoms with E-state index in [4.69, 9.17) is 5.73 Å². The number of aliphatic hydroxyl groups excluding tert-OH is 2. The summed E-state index contributed by atoms with van der Waals surface area (Å²) < 4.78 is 4.66. The van der Waals surface area contributed by atoms with E-state index in [2.05, 4.69) is 9.72 Å². The van der Waals surface area contributed by atoms with E-state index in [1.807, 2.05) is 0 Å². The highest BCUT2D eigenvalue weighted by molar-refractivity contribution is 5.95. The fourth-order valence-electron chi connectivity index (χ4n) is 1.93. The van der Waals surface area contributed by atoms with Crippen molar-refractivity contribution < 1.29 is 19.7 Å². The maximum Gasteiger partial charge on any atom is 0.341 e. The molecule has 7 heteroatoms. The Morgan fingerprint density at radius 1 is 1.50 bits per heavy atom. The number of carbonyl (C=O) groups is 1. The average Bonchev–Trinajstić information content (AvgIpc) is 2.68. The van der Waals surface area contributed by atoms with Crippen molar-refractivity contribution in [1.29, 1.82) is 0 Å². The predicted octanol–water partition coefficient (Wildman–Crippen LogP) is -1.01. The topological polar surface area (TPSA) is 109 Å². The summed E-state index contributed by atoms with van der Waals surface area (Å²) in [4.78, 5) is 17.3. The quantitative estimate of drug-likeness (QED) is 0.579. The first-order chi connectivity index (χ1) is 8.52. The second-order valence-corrected chi connectivity index (χ2v) is 4.17. The summed E-state index contributed by atoms with van der Waals surface area (Å²) in [5.74, 6) is -0.202. The lowest BCUT2D eigenvalue weighted by Gasteiger charge is -2.19. The van der Waals surface area contributed by atoms with Gasteiger partial charge in [-0.1, -0.05) is 0 Å². The van der Waals surface area contributed by atoms with Crippen LogP contribution in [0.2, 0.25) is 0 Å². The number of hydrogen-bond donors (Lipinski definition) is 3. The van der Waals surface area contributed by atoms with Gasteiger partial charge in [0.2, 0.25) is 0 Å². The lowest BCUT2D eigenvalue weighted by Crippen LogP contribution is -2.25. The van der Waals surface area contributed by atoms with Crippen molar-refractivity contribution in [3.63, 3.8) is 0 Å². The van der Waals surface area contributed by atoms with Gasteiger partial charge in [-0.2, -0.15) is 0 Å². The van der Waals surface area contributed by atoms with Crippen LogP contribution in [0.1, 0.15) is 10.4 Å². The summed E-state index contributed by atoms with van der Waals surface area (Å²) in [5, 5.41) is 19.0. The monoisotopic (exact) mass is 253 g/mol. The zero-order valence-electron chi connectivity index (χ0n) is 9.91. The number of nitrogen functional groups attached to an aromatic ring is 1. The van der Waals surface area contributed by atoms with Crippen LogP contribution < -0.4 is 10.6 Å². The van der Waals surface area contributed by atoms with Crippen molar-refractivity contribution in [3.8, 4) is 0 Å². The average molecular weight is 253 g/mol. The maximum atomic E-state index is 11.6. The van der Waals surface area contributed by atoms with Crippen LogP contribution in [0.3, 0.4) is 0 Å². The van der Waals surface area contributed by atoms with Gasteiger partial charge in [-0.25, -0.2) is 9.78 Å². The molecule has 0 aromatic carbocycles. The van der Waals surface area contributed by atoms with E-state index in [9.17, 15) is 15.0 Å². The van der Waals surface area contributed by atoms with Gasteiger partial charge in [-0.05, 0) is 6.07 Å². The number of ether oxygens (including phenoxy) is 1. The van der Waals surface area contributed by atoms with E-state index >= 15 is 0 Å². The number of rotatable bonds is 2. The minimum absolute atomic E-state index is 0.210. The molecule has 7 nitrogen and oxygen atoms in total. The second kappa shape index (κ2) is 4.79. The maximum absolute atomic E-state index is 11.6. The third kappa shape index (κ3) is 2.22. The van der Waals surface area contributed by atoms with Crippen molar-refractivity contribution >= 4 is 17.5 Å². The second-order valence-electron chi connectivity index (χ2n) is 4.17. The molecule has 98 valence electrons. The molecule has 1 aliphatic rings. The Hall–Kier alpha value is -1.86. The number of nitrogens with two attached hydrogens (primary N) is 1. The Morgan fingerprint density at radius 3 is 2.67 bits per heavy atom. The fraction of sp³-hybridized carbons (Fsp3) is 0.455. The molecule has 0 bridgehead atoms. The molecule has 2 unspecified atom stereocenters. The molecular weight excluding hydrogens is 238 g/mol. The van der Waals surface area contributed by atoms with Crippen LogP contribution in [-0.2, 0) is 4.74 Å². The predicted molar refractivity (Wildman–Crippen MR) is 64.2 cm³/mol. The van der Waals surface area contributed by atoms with E-state index in [-0.39, 0.29) is 18.7 Å². The summed E-state index contributed by atoms with van der Waals surface area (Å²) in [5.41, 5.74) is 6.15. The number of aliphatic hydroxyl groups is 2. The molecule has 0 saturated carbocycles. The summed E-state index contributed by atoms with van der Waals surface area (Å²) in [6.07, 6.45) is -0.288. The molecule has 1 aromatic rings. The minimum Gasteiger partial charge on any atom is -0.465 e. The summed E-state index contributed by atoms with van der Waals surface area (Å²) >= 11 is 0. The molecular formula is C11H15N3O4. The van der Waals surface area contributed by atoms with Gasteiger partial charge < -0.3 is 25.6 Å². The number of pyridine rings is 1. The van der Waals surface area contributed by atoms with Gasteiger partial charge in [0.1, 0.15) is 11.4 Å². The molecule has 1 aromatic heterocycles. The molecule has 0 radical (unpaired) electrons. The van der Waals surface area contributed by atoms with Gasteiger partial charge in [0, 0.05) is 13.1 Å². The molecule has 4 N–H and O–H groups in total. The SMILES string of the molecule is COC(=O)c1cc(N)cnc1N1CC(O)C(O)C1. The number of aromatic nitrogens is 1. The van der Waals surface area contributed by atoms with Crippen molar-refractivity contribution in [2.75, 3.05) is 30.8 Å². The zero-order chi connectivity index (χ0) is 13.3. The third-order valence-corrected chi connectivity index (χ3v) is 2.85. The van der Waals surface area contributed by atoms with Crippen LogP contribution in [0.15, 0.2) is 12.3 Å². The van der Waals surface area contributed by atoms with E-state index < -0.39 is 18.2 Å². The summed E-state index contributed by atoms with van der Waals surface area (Å²) in [7, 11) is 1.27. The van der Waals surface area contributed by atoms with Crippen molar-refractivity contribution in [2.45, 2.75) is 12.2 Å².